The van der Waals surface area contributed by atoms with Crippen molar-refractivity contribution in [3.05, 3.63) is 96.2 Å². The SMILES string of the molecule is COc1ccc(/C=C/C(=O)Nc2cccc3ccn(Cc4ccccc4)c23)cc1O. The second-order valence-corrected chi connectivity index (χ2v) is 6.93. The van der Waals surface area contributed by atoms with Crippen molar-refractivity contribution < 1.29 is 14.6 Å². The molecule has 4 aromatic rings. The first-order chi connectivity index (χ1) is 14.6. The van der Waals surface area contributed by atoms with Crippen LogP contribution in [0, 0.1) is 0 Å². The number of nitrogens with zero attached hydrogens (tertiary/aromatic N) is 1. The third-order valence-electron chi connectivity index (χ3n) is 4.87. The summed E-state index contributed by atoms with van der Waals surface area (Å²) in [5.41, 5.74) is 3.62. The van der Waals surface area contributed by atoms with Crippen molar-refractivity contribution in [3.63, 3.8) is 0 Å². The van der Waals surface area contributed by atoms with Crippen molar-refractivity contribution in [2.45, 2.75) is 6.54 Å². The predicted octanol–water partition coefficient (Wildman–Crippen LogP) is 5.06. The summed E-state index contributed by atoms with van der Waals surface area (Å²) in [5.74, 6) is 0.177. The van der Waals surface area contributed by atoms with Crippen molar-refractivity contribution in [2.75, 3.05) is 12.4 Å². The smallest absolute Gasteiger partial charge is 0.248 e. The Morgan fingerprint density at radius 1 is 1.07 bits per heavy atom. The van der Waals surface area contributed by atoms with Gasteiger partial charge >= 0.3 is 0 Å². The molecule has 0 aliphatic rings. The first kappa shape index (κ1) is 19.3. The van der Waals surface area contributed by atoms with Crippen LogP contribution < -0.4 is 10.1 Å². The Bertz CT molecular complexity index is 1210. The van der Waals surface area contributed by atoms with Crippen LogP contribution in [0.3, 0.4) is 0 Å². The Morgan fingerprint density at radius 2 is 1.90 bits per heavy atom. The molecule has 3 aromatic carbocycles. The number of hydrogen-bond acceptors (Lipinski definition) is 3. The molecule has 30 heavy (non-hydrogen) atoms. The van der Waals surface area contributed by atoms with E-state index in [1.807, 2.05) is 48.7 Å². The molecular formula is C25H22N2O3. The molecule has 0 aliphatic heterocycles. The number of phenolic OH excluding ortho intramolecular Hbond substituents is 1. The molecule has 4 rings (SSSR count). The van der Waals surface area contributed by atoms with Crippen LogP contribution in [-0.2, 0) is 11.3 Å². The number of fused-ring (bicyclic) bond motifs is 1. The van der Waals surface area contributed by atoms with E-state index in [4.69, 9.17) is 4.74 Å². The summed E-state index contributed by atoms with van der Waals surface area (Å²) in [4.78, 5) is 12.5. The zero-order valence-corrected chi connectivity index (χ0v) is 16.6. The lowest BCUT2D eigenvalue weighted by molar-refractivity contribution is -0.111. The summed E-state index contributed by atoms with van der Waals surface area (Å²) in [7, 11) is 1.49. The first-order valence-electron chi connectivity index (χ1n) is 9.62. The van der Waals surface area contributed by atoms with E-state index in [0.717, 1.165) is 23.1 Å². The third kappa shape index (κ3) is 4.20. The van der Waals surface area contributed by atoms with E-state index in [2.05, 4.69) is 22.0 Å². The molecule has 0 fully saturated rings. The zero-order chi connectivity index (χ0) is 20.9. The molecule has 2 N–H and O–H groups in total. The van der Waals surface area contributed by atoms with E-state index >= 15 is 0 Å². The highest BCUT2D eigenvalue weighted by molar-refractivity contribution is 6.06. The van der Waals surface area contributed by atoms with Crippen LogP contribution in [-0.4, -0.2) is 22.7 Å². The van der Waals surface area contributed by atoms with E-state index in [1.54, 1.807) is 24.3 Å². The van der Waals surface area contributed by atoms with Gasteiger partial charge in [0.05, 0.1) is 18.3 Å². The molecule has 0 aliphatic carbocycles. The van der Waals surface area contributed by atoms with Gasteiger partial charge < -0.3 is 19.7 Å². The summed E-state index contributed by atoms with van der Waals surface area (Å²) in [6.07, 6.45) is 5.13. The number of rotatable bonds is 6. The number of benzene rings is 3. The highest BCUT2D eigenvalue weighted by atomic mass is 16.5. The largest absolute Gasteiger partial charge is 0.504 e. The Hall–Kier alpha value is -3.99. The second kappa shape index (κ2) is 8.57. The van der Waals surface area contributed by atoms with Gasteiger partial charge in [-0.3, -0.25) is 4.79 Å². The van der Waals surface area contributed by atoms with Crippen LogP contribution in [0.2, 0.25) is 0 Å². The van der Waals surface area contributed by atoms with Gasteiger partial charge in [0.25, 0.3) is 0 Å². The minimum Gasteiger partial charge on any atom is -0.504 e. The monoisotopic (exact) mass is 398 g/mol. The van der Waals surface area contributed by atoms with E-state index < -0.39 is 0 Å². The molecule has 1 amide bonds. The van der Waals surface area contributed by atoms with E-state index in [0.29, 0.717) is 11.3 Å². The Kier molecular flexibility index (Phi) is 5.52. The Morgan fingerprint density at radius 3 is 2.67 bits per heavy atom. The minimum atomic E-state index is -0.245. The summed E-state index contributed by atoms with van der Waals surface area (Å²) >= 11 is 0. The number of hydrogen-bond donors (Lipinski definition) is 2. The highest BCUT2D eigenvalue weighted by Crippen LogP contribution is 2.27. The van der Waals surface area contributed by atoms with Gasteiger partial charge in [0, 0.05) is 24.2 Å². The number of amides is 1. The summed E-state index contributed by atoms with van der Waals surface area (Å²) in [5, 5.41) is 13.9. The van der Waals surface area contributed by atoms with Crippen LogP contribution in [0.1, 0.15) is 11.1 Å². The highest BCUT2D eigenvalue weighted by Gasteiger charge is 2.09. The fraction of sp³-hybridized carbons (Fsp3) is 0.0800. The Labute approximate surface area is 174 Å². The van der Waals surface area contributed by atoms with E-state index in [9.17, 15) is 9.90 Å². The average Bonchev–Trinajstić information content (AvgIpc) is 3.17. The Balaban J connectivity index is 1.55. The summed E-state index contributed by atoms with van der Waals surface area (Å²) in [6, 6.07) is 23.1. The maximum absolute atomic E-state index is 12.5. The van der Waals surface area contributed by atoms with Crippen LogP contribution in [0.5, 0.6) is 11.5 Å². The maximum atomic E-state index is 12.5. The molecule has 0 radical (unpaired) electrons. The summed E-state index contributed by atoms with van der Waals surface area (Å²) < 4.78 is 7.17. The molecule has 0 spiro atoms. The van der Waals surface area contributed by atoms with Gasteiger partial charge in [-0.05, 0) is 41.5 Å². The maximum Gasteiger partial charge on any atom is 0.248 e. The van der Waals surface area contributed by atoms with E-state index in [-0.39, 0.29) is 11.7 Å². The lowest BCUT2D eigenvalue weighted by atomic mass is 10.2. The minimum absolute atomic E-state index is 0.0311. The van der Waals surface area contributed by atoms with Crippen LogP contribution in [0.25, 0.3) is 17.0 Å². The molecule has 0 unspecified atom stereocenters. The number of para-hydroxylation sites is 1. The molecule has 1 heterocycles. The quantitative estimate of drug-likeness (QED) is 0.447. The number of carbonyl (C=O) groups is 1. The van der Waals surface area contributed by atoms with Crippen molar-refractivity contribution in [2.24, 2.45) is 0 Å². The van der Waals surface area contributed by atoms with E-state index in [1.165, 1.54) is 18.7 Å². The standard InChI is InChI=1S/C25H22N2O3/c1-30-23-12-10-18(16-22(23)28)11-13-24(29)26-21-9-5-8-20-14-15-27(25(20)21)17-19-6-3-2-4-7-19/h2-16,28H,17H2,1H3,(H,26,29)/b13-11+. The molecule has 0 atom stereocenters. The summed E-state index contributed by atoms with van der Waals surface area (Å²) in [6.45, 7) is 0.720. The molecule has 5 heteroatoms. The second-order valence-electron chi connectivity index (χ2n) is 6.93. The van der Waals surface area contributed by atoms with Crippen molar-refractivity contribution in [1.29, 1.82) is 0 Å². The molecule has 0 bridgehead atoms. The first-order valence-corrected chi connectivity index (χ1v) is 9.62. The number of ether oxygens (including phenoxy) is 1. The van der Waals surface area contributed by atoms with Crippen LogP contribution in [0.4, 0.5) is 5.69 Å². The number of phenols is 1. The van der Waals surface area contributed by atoms with Crippen LogP contribution >= 0.6 is 0 Å². The van der Waals surface area contributed by atoms with Crippen LogP contribution in [0.15, 0.2) is 85.1 Å². The fourth-order valence-corrected chi connectivity index (χ4v) is 3.43. The van der Waals surface area contributed by atoms with Gasteiger partial charge in [0.15, 0.2) is 11.5 Å². The number of methoxy groups -OCH3 is 1. The molecule has 150 valence electrons. The topological polar surface area (TPSA) is 63.5 Å². The van der Waals surface area contributed by atoms with Gasteiger partial charge in [0.1, 0.15) is 0 Å². The normalized spacial score (nSPS) is 11.1. The van der Waals surface area contributed by atoms with Crippen molar-refractivity contribution in [1.82, 2.24) is 4.57 Å². The van der Waals surface area contributed by atoms with Gasteiger partial charge in [-0.15, -0.1) is 0 Å². The number of aromatic hydroxyl groups is 1. The van der Waals surface area contributed by atoms with Gasteiger partial charge in [-0.25, -0.2) is 0 Å². The van der Waals surface area contributed by atoms with Gasteiger partial charge in [-0.2, -0.15) is 0 Å². The molecule has 5 nitrogen and oxygen atoms in total. The van der Waals surface area contributed by atoms with Crippen molar-refractivity contribution in [3.8, 4) is 11.5 Å². The fourth-order valence-electron chi connectivity index (χ4n) is 3.43. The van der Waals surface area contributed by atoms with Crippen molar-refractivity contribution >= 4 is 28.6 Å². The lowest BCUT2D eigenvalue weighted by Gasteiger charge is -2.10. The molecule has 0 saturated heterocycles. The van der Waals surface area contributed by atoms with Gasteiger partial charge in [0.2, 0.25) is 5.91 Å². The number of aromatic nitrogens is 1. The molecule has 0 saturated carbocycles. The number of carbonyl (C=O) groups excluding carboxylic acids is 1. The van der Waals surface area contributed by atoms with Gasteiger partial charge in [-0.1, -0.05) is 48.5 Å². The predicted molar refractivity (Wildman–Crippen MR) is 120 cm³/mol. The number of nitrogens with one attached hydrogen (secondary N) is 1. The average molecular weight is 398 g/mol. The molecule has 1 aromatic heterocycles. The lowest BCUT2D eigenvalue weighted by Crippen LogP contribution is -2.09. The zero-order valence-electron chi connectivity index (χ0n) is 16.6. The number of anilines is 1. The molecular weight excluding hydrogens is 376 g/mol. The third-order valence-corrected chi connectivity index (χ3v) is 4.87.